The maximum Gasteiger partial charge on any atom is 0.267 e. The van der Waals surface area contributed by atoms with Gasteiger partial charge in [0.1, 0.15) is 16.3 Å². The third-order valence-electron chi connectivity index (χ3n) is 5.55. The van der Waals surface area contributed by atoms with Crippen molar-refractivity contribution in [3.8, 4) is 28.5 Å². The van der Waals surface area contributed by atoms with Gasteiger partial charge < -0.3 is 19.1 Å². The van der Waals surface area contributed by atoms with Crippen LogP contribution in [-0.2, 0) is 6.54 Å². The minimum Gasteiger partial charge on any atom is -0.497 e. The number of methoxy groups -OCH3 is 1. The highest BCUT2D eigenvalue weighted by molar-refractivity contribution is 7.08. The Labute approximate surface area is 184 Å². The normalized spacial score (nSPS) is 15.8. The van der Waals surface area contributed by atoms with E-state index in [1.807, 2.05) is 41.3 Å². The SMILES string of the molecule is COc1ccc(-c2nnsc2C(=O)N2CCN(Cc3ccc4c(c3)OCO4)CC2)cc1. The first-order valence-corrected chi connectivity index (χ1v) is 10.9. The van der Waals surface area contributed by atoms with Crippen molar-refractivity contribution in [2.75, 3.05) is 40.1 Å². The summed E-state index contributed by atoms with van der Waals surface area (Å²) in [6.07, 6.45) is 0. The molecule has 9 heteroatoms. The maximum atomic E-state index is 13.2. The number of amides is 1. The van der Waals surface area contributed by atoms with Crippen LogP contribution in [-0.4, -0.2) is 65.4 Å². The van der Waals surface area contributed by atoms with Crippen LogP contribution in [0.2, 0.25) is 0 Å². The molecule has 1 fully saturated rings. The van der Waals surface area contributed by atoms with Crippen molar-refractivity contribution in [3.05, 3.63) is 52.9 Å². The minimum absolute atomic E-state index is 0.0106. The Morgan fingerprint density at radius 2 is 1.84 bits per heavy atom. The van der Waals surface area contributed by atoms with Gasteiger partial charge in [-0.2, -0.15) is 0 Å². The van der Waals surface area contributed by atoms with Gasteiger partial charge in [-0.3, -0.25) is 9.69 Å². The second kappa shape index (κ2) is 8.52. The van der Waals surface area contributed by atoms with Gasteiger partial charge in [-0.15, -0.1) is 5.10 Å². The van der Waals surface area contributed by atoms with Crippen molar-refractivity contribution in [1.82, 2.24) is 19.4 Å². The van der Waals surface area contributed by atoms with Crippen LogP contribution in [0, 0.1) is 0 Å². The second-order valence-electron chi connectivity index (χ2n) is 7.44. The molecule has 0 bridgehead atoms. The van der Waals surface area contributed by atoms with E-state index in [-0.39, 0.29) is 12.7 Å². The molecule has 0 aliphatic carbocycles. The van der Waals surface area contributed by atoms with E-state index in [1.54, 1.807) is 7.11 Å². The molecular weight excluding hydrogens is 416 g/mol. The summed E-state index contributed by atoms with van der Waals surface area (Å²) in [5.74, 6) is 2.35. The number of fused-ring (bicyclic) bond motifs is 1. The lowest BCUT2D eigenvalue weighted by atomic mass is 10.1. The van der Waals surface area contributed by atoms with Crippen molar-refractivity contribution in [2.45, 2.75) is 6.54 Å². The summed E-state index contributed by atoms with van der Waals surface area (Å²) >= 11 is 1.15. The minimum atomic E-state index is -0.0106. The smallest absolute Gasteiger partial charge is 0.267 e. The lowest BCUT2D eigenvalue weighted by Gasteiger charge is -2.34. The molecule has 31 heavy (non-hydrogen) atoms. The van der Waals surface area contributed by atoms with Crippen LogP contribution in [0.4, 0.5) is 0 Å². The molecule has 160 valence electrons. The molecule has 0 unspecified atom stereocenters. The molecular formula is C22H22N4O4S. The monoisotopic (exact) mass is 438 g/mol. The first-order chi connectivity index (χ1) is 15.2. The number of carbonyl (C=O) groups excluding carboxylic acids is 1. The Morgan fingerprint density at radius 1 is 1.06 bits per heavy atom. The zero-order chi connectivity index (χ0) is 21.2. The van der Waals surface area contributed by atoms with Crippen LogP contribution in [0.3, 0.4) is 0 Å². The Hall–Kier alpha value is -3.17. The quantitative estimate of drug-likeness (QED) is 0.606. The number of nitrogens with zero attached hydrogens (tertiary/aromatic N) is 4. The fourth-order valence-corrected chi connectivity index (χ4v) is 4.48. The Morgan fingerprint density at radius 3 is 2.61 bits per heavy atom. The standard InChI is InChI=1S/C22H22N4O4S/c1-28-17-5-3-16(4-6-17)20-21(31-24-23-20)22(27)26-10-8-25(9-11-26)13-15-2-7-18-19(12-15)30-14-29-18/h2-7,12H,8-11,13-14H2,1H3. The van der Waals surface area contributed by atoms with E-state index in [0.29, 0.717) is 23.7 Å². The molecule has 0 saturated carbocycles. The van der Waals surface area contributed by atoms with Crippen LogP contribution in [0.15, 0.2) is 42.5 Å². The third-order valence-corrected chi connectivity index (χ3v) is 6.26. The molecule has 3 aromatic rings. The molecule has 5 rings (SSSR count). The van der Waals surface area contributed by atoms with E-state index in [4.69, 9.17) is 14.2 Å². The van der Waals surface area contributed by atoms with Gasteiger partial charge in [0, 0.05) is 38.3 Å². The molecule has 0 radical (unpaired) electrons. The molecule has 0 spiro atoms. The van der Waals surface area contributed by atoms with Crippen LogP contribution in [0.1, 0.15) is 15.2 Å². The number of rotatable bonds is 5. The van der Waals surface area contributed by atoms with Crippen molar-refractivity contribution in [3.63, 3.8) is 0 Å². The van der Waals surface area contributed by atoms with E-state index >= 15 is 0 Å². The number of carbonyl (C=O) groups is 1. The van der Waals surface area contributed by atoms with Gasteiger partial charge in [0.05, 0.1) is 7.11 Å². The highest BCUT2D eigenvalue weighted by Crippen LogP contribution is 2.33. The molecule has 1 saturated heterocycles. The van der Waals surface area contributed by atoms with Gasteiger partial charge >= 0.3 is 0 Å². The van der Waals surface area contributed by atoms with Gasteiger partial charge in [-0.25, -0.2) is 0 Å². The fourth-order valence-electron chi connectivity index (χ4n) is 3.82. The molecule has 1 aromatic heterocycles. The highest BCUT2D eigenvalue weighted by atomic mass is 32.1. The van der Waals surface area contributed by atoms with E-state index in [1.165, 1.54) is 5.56 Å². The molecule has 0 N–H and O–H groups in total. The van der Waals surface area contributed by atoms with Crippen molar-refractivity contribution in [2.24, 2.45) is 0 Å². The van der Waals surface area contributed by atoms with Crippen molar-refractivity contribution >= 4 is 17.4 Å². The number of ether oxygens (including phenoxy) is 3. The lowest BCUT2D eigenvalue weighted by Crippen LogP contribution is -2.48. The molecule has 2 aliphatic heterocycles. The zero-order valence-corrected chi connectivity index (χ0v) is 17.9. The van der Waals surface area contributed by atoms with E-state index in [2.05, 4.69) is 20.6 Å². The molecule has 2 aromatic carbocycles. The van der Waals surface area contributed by atoms with Gasteiger partial charge in [-0.05, 0) is 53.5 Å². The lowest BCUT2D eigenvalue weighted by molar-refractivity contribution is 0.0633. The third kappa shape index (κ3) is 4.06. The Bertz CT molecular complexity index is 1080. The van der Waals surface area contributed by atoms with Crippen LogP contribution in [0.25, 0.3) is 11.3 Å². The topological polar surface area (TPSA) is 77.0 Å². The summed E-state index contributed by atoms with van der Waals surface area (Å²) in [5.41, 5.74) is 2.66. The number of aromatic nitrogens is 2. The maximum absolute atomic E-state index is 13.2. The van der Waals surface area contributed by atoms with Gasteiger partial charge in [-0.1, -0.05) is 10.6 Å². The predicted octanol–water partition coefficient (Wildman–Crippen LogP) is 2.90. The summed E-state index contributed by atoms with van der Waals surface area (Å²) < 4.78 is 20.1. The highest BCUT2D eigenvalue weighted by Gasteiger charge is 2.27. The fraction of sp³-hybridized carbons (Fsp3) is 0.318. The predicted molar refractivity (Wildman–Crippen MR) is 116 cm³/mol. The zero-order valence-electron chi connectivity index (χ0n) is 17.1. The summed E-state index contributed by atoms with van der Waals surface area (Å²) in [4.78, 5) is 18.0. The number of benzene rings is 2. The van der Waals surface area contributed by atoms with Crippen LogP contribution >= 0.6 is 11.5 Å². The number of hydrogen-bond acceptors (Lipinski definition) is 8. The number of hydrogen-bond donors (Lipinski definition) is 0. The van der Waals surface area contributed by atoms with E-state index in [0.717, 1.165) is 54.0 Å². The molecule has 3 heterocycles. The van der Waals surface area contributed by atoms with Crippen LogP contribution < -0.4 is 14.2 Å². The average molecular weight is 439 g/mol. The molecule has 8 nitrogen and oxygen atoms in total. The molecule has 2 aliphatic rings. The summed E-state index contributed by atoms with van der Waals surface area (Å²) in [7, 11) is 1.63. The van der Waals surface area contributed by atoms with Gasteiger partial charge in [0.25, 0.3) is 5.91 Å². The first-order valence-electron chi connectivity index (χ1n) is 10.1. The number of piperazine rings is 1. The summed E-state index contributed by atoms with van der Waals surface area (Å²) in [6.45, 7) is 4.06. The van der Waals surface area contributed by atoms with Crippen LogP contribution in [0.5, 0.6) is 17.2 Å². The van der Waals surface area contributed by atoms with E-state index < -0.39 is 0 Å². The first kappa shape index (κ1) is 19.8. The second-order valence-corrected chi connectivity index (χ2v) is 8.19. The van der Waals surface area contributed by atoms with Gasteiger partial charge in [0.15, 0.2) is 11.5 Å². The Kier molecular flexibility index (Phi) is 5.44. The molecule has 0 atom stereocenters. The van der Waals surface area contributed by atoms with Crippen molar-refractivity contribution < 1.29 is 19.0 Å². The Balaban J connectivity index is 1.22. The summed E-state index contributed by atoms with van der Waals surface area (Å²) in [6, 6.07) is 13.6. The van der Waals surface area contributed by atoms with Gasteiger partial charge in [0.2, 0.25) is 6.79 Å². The molecule has 1 amide bonds. The summed E-state index contributed by atoms with van der Waals surface area (Å²) in [5, 5.41) is 4.20. The van der Waals surface area contributed by atoms with Crippen molar-refractivity contribution in [1.29, 1.82) is 0 Å². The largest absolute Gasteiger partial charge is 0.497 e. The average Bonchev–Trinajstić information content (AvgIpc) is 3.48. The van der Waals surface area contributed by atoms with E-state index in [9.17, 15) is 4.79 Å².